The van der Waals surface area contributed by atoms with Crippen LogP contribution in [0.15, 0.2) is 70.6 Å². The van der Waals surface area contributed by atoms with E-state index in [2.05, 4.69) is 58.3 Å². The molecule has 3 heterocycles. The summed E-state index contributed by atoms with van der Waals surface area (Å²) in [6, 6.07) is 17.3. The number of anilines is 2. The van der Waals surface area contributed by atoms with E-state index in [9.17, 15) is 4.79 Å². The van der Waals surface area contributed by atoms with Gasteiger partial charge in [-0.15, -0.1) is 0 Å². The lowest BCUT2D eigenvalue weighted by Crippen LogP contribution is -2.34. The van der Waals surface area contributed by atoms with E-state index in [1.807, 2.05) is 13.1 Å². The molecular weight excluding hydrogens is 412 g/mol. The van der Waals surface area contributed by atoms with Crippen LogP contribution < -0.4 is 9.80 Å². The molecule has 6 rings (SSSR count). The first-order valence-electron chi connectivity index (χ1n) is 11.5. The lowest BCUT2D eigenvalue weighted by Gasteiger charge is -2.37. The molecule has 3 aromatic carbocycles. The lowest BCUT2D eigenvalue weighted by atomic mass is 9.90. The highest BCUT2D eigenvalue weighted by Crippen LogP contribution is 2.48. The van der Waals surface area contributed by atoms with Gasteiger partial charge in [-0.3, -0.25) is 4.79 Å². The van der Waals surface area contributed by atoms with E-state index in [-0.39, 0.29) is 5.78 Å². The second kappa shape index (κ2) is 7.86. The average Bonchev–Trinajstić information content (AvgIpc) is 3.13. The monoisotopic (exact) mass is 438 g/mol. The van der Waals surface area contributed by atoms with Crippen molar-refractivity contribution in [3.63, 3.8) is 0 Å². The number of nitrogens with zero attached hydrogens (tertiary/aromatic N) is 2. The molecule has 3 aromatic rings. The van der Waals surface area contributed by atoms with Crippen LogP contribution in [0.5, 0.6) is 0 Å². The second-order valence-electron chi connectivity index (χ2n) is 8.89. The maximum absolute atomic E-state index is 12.8. The predicted octanol–water partition coefficient (Wildman–Crippen LogP) is 6.20. The topological polar surface area (TPSA) is 23.6 Å². The Bertz CT molecular complexity index is 1280. The van der Waals surface area contributed by atoms with Crippen LogP contribution in [0.3, 0.4) is 0 Å². The van der Waals surface area contributed by atoms with E-state index in [0.29, 0.717) is 0 Å². The van der Waals surface area contributed by atoms with Crippen molar-refractivity contribution in [3.05, 3.63) is 82.4 Å². The van der Waals surface area contributed by atoms with Crippen LogP contribution in [0.4, 0.5) is 11.4 Å². The zero-order valence-electron chi connectivity index (χ0n) is 18.3. The van der Waals surface area contributed by atoms with Gasteiger partial charge in [0.2, 0.25) is 0 Å². The number of hydrogen-bond acceptors (Lipinski definition) is 4. The predicted molar refractivity (Wildman–Crippen MR) is 136 cm³/mol. The van der Waals surface area contributed by atoms with Crippen LogP contribution in [0.25, 0.3) is 16.8 Å². The molecule has 0 amide bonds. The Morgan fingerprint density at radius 3 is 2.50 bits per heavy atom. The van der Waals surface area contributed by atoms with Gasteiger partial charge in [-0.25, -0.2) is 0 Å². The van der Waals surface area contributed by atoms with E-state index >= 15 is 0 Å². The lowest BCUT2D eigenvalue weighted by molar-refractivity contribution is -0.110. The van der Waals surface area contributed by atoms with Crippen molar-refractivity contribution in [1.29, 1.82) is 0 Å². The van der Waals surface area contributed by atoms with E-state index in [0.717, 1.165) is 23.4 Å². The summed E-state index contributed by atoms with van der Waals surface area (Å²) in [5, 5.41) is 3.42. The molecule has 3 nitrogen and oxygen atoms in total. The van der Waals surface area contributed by atoms with Crippen LogP contribution in [0, 0.1) is 0 Å². The molecule has 0 N–H and O–H groups in total. The molecule has 0 atom stereocenters. The van der Waals surface area contributed by atoms with Crippen molar-refractivity contribution in [3.8, 4) is 0 Å². The third-order valence-corrected chi connectivity index (χ3v) is 7.95. The number of rotatable bonds is 3. The summed E-state index contributed by atoms with van der Waals surface area (Å²) in [4.78, 5) is 18.7. The van der Waals surface area contributed by atoms with Gasteiger partial charge in [0.05, 0.1) is 10.7 Å². The number of hydrogen-bond donors (Lipinski definition) is 0. The van der Waals surface area contributed by atoms with Gasteiger partial charge in [-0.1, -0.05) is 48.2 Å². The van der Waals surface area contributed by atoms with E-state index in [1.54, 1.807) is 23.9 Å². The molecule has 0 fully saturated rings. The average molecular weight is 439 g/mol. The number of fused-ring (bicyclic) bond motifs is 3. The van der Waals surface area contributed by atoms with Crippen molar-refractivity contribution in [2.45, 2.75) is 30.6 Å². The summed E-state index contributed by atoms with van der Waals surface area (Å²) >= 11 is 1.67. The Morgan fingerprint density at radius 1 is 0.969 bits per heavy atom. The number of thioether (sulfide) groups is 1. The number of carbonyl (C=O) groups excluding carboxylic acids is 1. The van der Waals surface area contributed by atoms with E-state index in [4.69, 9.17) is 0 Å². The Kier molecular flexibility index (Phi) is 4.83. The molecule has 32 heavy (non-hydrogen) atoms. The van der Waals surface area contributed by atoms with Gasteiger partial charge in [-0.2, -0.15) is 0 Å². The van der Waals surface area contributed by atoms with Gasteiger partial charge in [-0.05, 0) is 72.0 Å². The van der Waals surface area contributed by atoms with Crippen LogP contribution >= 0.6 is 11.8 Å². The highest BCUT2D eigenvalue weighted by molar-refractivity contribution is 8.03. The van der Waals surface area contributed by atoms with Crippen LogP contribution in [-0.4, -0.2) is 25.9 Å². The molecular formula is C28H26N2OS. The summed E-state index contributed by atoms with van der Waals surface area (Å²) < 4.78 is 0. The first kappa shape index (κ1) is 19.7. The summed E-state index contributed by atoms with van der Waals surface area (Å²) in [5.74, 6) is 0.0319. The summed E-state index contributed by atoms with van der Waals surface area (Å²) in [5.41, 5.74) is 6.71. The normalized spacial score (nSPS) is 18.5. The molecule has 0 bridgehead atoms. The number of aryl methyl sites for hydroxylation is 2. The minimum atomic E-state index is 0.0319. The first-order valence-corrected chi connectivity index (χ1v) is 12.3. The zero-order chi connectivity index (χ0) is 21.7. The van der Waals surface area contributed by atoms with Gasteiger partial charge in [0.1, 0.15) is 0 Å². The molecule has 0 aromatic heterocycles. The fourth-order valence-corrected chi connectivity index (χ4v) is 6.46. The van der Waals surface area contributed by atoms with E-state index < -0.39 is 0 Å². The van der Waals surface area contributed by atoms with Crippen LogP contribution in [0.1, 0.15) is 29.5 Å². The maximum atomic E-state index is 12.8. The maximum Gasteiger partial charge on any atom is 0.181 e. The van der Waals surface area contributed by atoms with Crippen LogP contribution in [0.2, 0.25) is 0 Å². The molecule has 0 unspecified atom stereocenters. The minimum Gasteiger partial charge on any atom is -0.371 e. The fourth-order valence-electron chi connectivity index (χ4n) is 5.36. The molecule has 4 heteroatoms. The number of allylic oxidation sites excluding steroid dienone is 2. The van der Waals surface area contributed by atoms with Gasteiger partial charge >= 0.3 is 0 Å². The summed E-state index contributed by atoms with van der Waals surface area (Å²) in [6.07, 6.45) is 10.2. The highest BCUT2D eigenvalue weighted by Gasteiger charge is 2.25. The van der Waals surface area contributed by atoms with Crippen molar-refractivity contribution in [2.75, 3.05) is 29.9 Å². The first-order chi connectivity index (χ1) is 15.7. The molecule has 0 saturated carbocycles. The van der Waals surface area contributed by atoms with Gasteiger partial charge < -0.3 is 9.80 Å². The second-order valence-corrected chi connectivity index (χ2v) is 9.96. The molecule has 3 aliphatic rings. The Hall–Kier alpha value is -2.98. The number of carbonyl (C=O) groups is 1. The molecule has 0 spiro atoms. The number of benzene rings is 3. The quantitative estimate of drug-likeness (QED) is 0.454. The fraction of sp³-hybridized carbons (Fsp3) is 0.250. The van der Waals surface area contributed by atoms with Crippen molar-refractivity contribution in [1.82, 2.24) is 0 Å². The smallest absolute Gasteiger partial charge is 0.181 e. The molecule has 0 aliphatic carbocycles. The summed E-state index contributed by atoms with van der Waals surface area (Å²) in [6.45, 7) is 2.37. The minimum absolute atomic E-state index is 0.0319. The van der Waals surface area contributed by atoms with Crippen molar-refractivity contribution in [2.24, 2.45) is 0 Å². The van der Waals surface area contributed by atoms with Gasteiger partial charge in [0.15, 0.2) is 5.78 Å². The van der Waals surface area contributed by atoms with Gasteiger partial charge in [0.25, 0.3) is 0 Å². The standard InChI is InChI=1S/C28H26N2OS/c1-29-26(32-25-13-11-20-6-2-3-9-24(20)28(25)29)18-23(31)12-10-19-16-21-7-4-14-30-15-5-8-22(17-19)27(21)30/h2-3,6,9-13,16-18H,4-5,7-8,14-15H2,1H3. The third kappa shape index (κ3) is 3.34. The Balaban J connectivity index is 1.26. The summed E-state index contributed by atoms with van der Waals surface area (Å²) in [7, 11) is 2.05. The van der Waals surface area contributed by atoms with Crippen molar-refractivity contribution < 1.29 is 4.79 Å². The van der Waals surface area contributed by atoms with E-state index in [1.165, 1.54) is 64.1 Å². The zero-order valence-corrected chi connectivity index (χ0v) is 19.1. The van der Waals surface area contributed by atoms with Crippen LogP contribution in [-0.2, 0) is 17.6 Å². The molecule has 160 valence electrons. The highest BCUT2D eigenvalue weighted by atomic mass is 32.2. The van der Waals surface area contributed by atoms with Crippen molar-refractivity contribution >= 4 is 45.8 Å². The Morgan fingerprint density at radius 2 is 1.72 bits per heavy atom. The largest absolute Gasteiger partial charge is 0.371 e. The molecule has 0 radical (unpaired) electrons. The number of ketones is 1. The molecule has 3 aliphatic heterocycles. The third-order valence-electron chi connectivity index (χ3n) is 6.80. The molecule has 0 saturated heterocycles. The SMILES string of the molecule is CN1C(=CC(=O)C=Cc2cc3c4c(c2)CCCN4CCC3)Sc2ccc3ccccc3c21. The Labute approximate surface area is 193 Å². The van der Waals surface area contributed by atoms with Gasteiger partial charge in [0, 0.05) is 42.2 Å².